The Bertz CT molecular complexity index is 1060. The molecule has 1 amide bonds. The Morgan fingerprint density at radius 1 is 1.23 bits per heavy atom. The maximum absolute atomic E-state index is 13.8. The van der Waals surface area contributed by atoms with Gasteiger partial charge in [-0.25, -0.2) is 9.37 Å². The zero-order valence-corrected chi connectivity index (χ0v) is 17.9. The highest BCUT2D eigenvalue weighted by Gasteiger charge is 2.38. The Balaban J connectivity index is 1.58. The molecule has 0 bridgehead atoms. The molecule has 0 saturated carbocycles. The van der Waals surface area contributed by atoms with Gasteiger partial charge in [0.1, 0.15) is 23.0 Å². The van der Waals surface area contributed by atoms with Gasteiger partial charge in [-0.2, -0.15) is 0 Å². The third kappa shape index (κ3) is 4.32. The fourth-order valence-electron chi connectivity index (χ4n) is 3.76. The van der Waals surface area contributed by atoms with Crippen molar-refractivity contribution in [1.82, 2.24) is 4.98 Å². The summed E-state index contributed by atoms with van der Waals surface area (Å²) < 4.78 is 25.4. The Morgan fingerprint density at radius 3 is 2.81 bits per heavy atom. The molecule has 1 aromatic heterocycles. The summed E-state index contributed by atoms with van der Waals surface area (Å²) >= 11 is 0. The topological polar surface area (TPSA) is 72.5 Å². The van der Waals surface area contributed by atoms with E-state index >= 15 is 0 Å². The van der Waals surface area contributed by atoms with E-state index < -0.39 is 11.4 Å². The third-order valence-electron chi connectivity index (χ3n) is 5.24. The van der Waals surface area contributed by atoms with Crippen LogP contribution in [-0.2, 0) is 14.3 Å². The maximum Gasteiger partial charge on any atom is 0.260 e. The fraction of sp³-hybridized carbons (Fsp3) is 0.333. The van der Waals surface area contributed by atoms with E-state index in [0.29, 0.717) is 35.7 Å². The van der Waals surface area contributed by atoms with E-state index in [4.69, 9.17) is 9.47 Å². The lowest BCUT2D eigenvalue weighted by molar-refractivity contribution is -0.111. The number of fused-ring (bicyclic) bond motifs is 1. The number of allylic oxidation sites excluding steroid dienone is 1. The van der Waals surface area contributed by atoms with Crippen molar-refractivity contribution < 1.29 is 18.7 Å². The van der Waals surface area contributed by atoms with Crippen LogP contribution in [0.25, 0.3) is 11.1 Å². The SMILES string of the molecule is CCCOCCNc1ccc(C2=C/C(=C3\C(=O)Nc4ccc(F)cc43)OC2(C)C)cn1. The number of halogens is 1. The third-order valence-corrected chi connectivity index (χ3v) is 5.24. The quantitative estimate of drug-likeness (QED) is 0.502. The standard InChI is InChI=1S/C24H26FN3O3/c1-4-10-30-11-9-26-21-8-5-15(14-27-21)18-13-20(31-24(18,2)3)22-17-12-16(25)6-7-19(17)28-23(22)29/h5-8,12-14H,4,9-11H2,1-3H3,(H,26,27)(H,28,29)/b22-20+. The number of amides is 1. The first-order valence-corrected chi connectivity index (χ1v) is 10.4. The van der Waals surface area contributed by atoms with Gasteiger partial charge in [0.15, 0.2) is 0 Å². The van der Waals surface area contributed by atoms with Gasteiger partial charge in [-0.1, -0.05) is 6.92 Å². The molecule has 0 unspecified atom stereocenters. The zero-order chi connectivity index (χ0) is 22.0. The predicted molar refractivity (Wildman–Crippen MR) is 119 cm³/mol. The molecular weight excluding hydrogens is 397 g/mol. The van der Waals surface area contributed by atoms with Crippen molar-refractivity contribution in [2.24, 2.45) is 0 Å². The molecule has 2 aromatic rings. The molecule has 1 aromatic carbocycles. The van der Waals surface area contributed by atoms with Crippen molar-refractivity contribution >= 4 is 28.6 Å². The summed E-state index contributed by atoms with van der Waals surface area (Å²) in [4.78, 5) is 17.0. The molecular formula is C24H26FN3O3. The molecule has 31 heavy (non-hydrogen) atoms. The van der Waals surface area contributed by atoms with Gasteiger partial charge in [0.2, 0.25) is 0 Å². The van der Waals surface area contributed by atoms with E-state index in [1.807, 2.05) is 32.1 Å². The first-order valence-electron chi connectivity index (χ1n) is 10.4. The van der Waals surface area contributed by atoms with E-state index in [9.17, 15) is 9.18 Å². The Kier molecular flexibility index (Phi) is 5.78. The van der Waals surface area contributed by atoms with E-state index in [0.717, 1.165) is 30.0 Å². The number of pyridine rings is 1. The summed E-state index contributed by atoms with van der Waals surface area (Å²) in [6.07, 6.45) is 4.62. The van der Waals surface area contributed by atoms with Crippen molar-refractivity contribution in [3.63, 3.8) is 0 Å². The van der Waals surface area contributed by atoms with Crippen LogP contribution in [-0.4, -0.2) is 36.3 Å². The van der Waals surface area contributed by atoms with Gasteiger partial charge in [-0.15, -0.1) is 0 Å². The Hall–Kier alpha value is -3.19. The number of aromatic nitrogens is 1. The van der Waals surface area contributed by atoms with Gasteiger partial charge in [-0.05, 0) is 56.7 Å². The predicted octanol–water partition coefficient (Wildman–Crippen LogP) is 4.61. The molecule has 6 nitrogen and oxygen atoms in total. The number of rotatable bonds is 7. The van der Waals surface area contributed by atoms with Crippen LogP contribution in [0.5, 0.6) is 0 Å². The summed E-state index contributed by atoms with van der Waals surface area (Å²) in [7, 11) is 0. The van der Waals surface area contributed by atoms with Crippen LogP contribution in [0.2, 0.25) is 0 Å². The monoisotopic (exact) mass is 423 g/mol. The summed E-state index contributed by atoms with van der Waals surface area (Å²) in [6.45, 7) is 8.01. The zero-order valence-electron chi connectivity index (χ0n) is 17.9. The molecule has 2 aliphatic heterocycles. The van der Waals surface area contributed by atoms with Gasteiger partial charge >= 0.3 is 0 Å². The highest BCUT2D eigenvalue weighted by Crippen LogP contribution is 2.44. The van der Waals surface area contributed by atoms with Crippen LogP contribution in [0, 0.1) is 5.82 Å². The first kappa shape index (κ1) is 21.1. The Labute approximate surface area is 181 Å². The molecule has 2 aliphatic rings. The number of hydrogen-bond acceptors (Lipinski definition) is 5. The summed E-state index contributed by atoms with van der Waals surface area (Å²) in [5.74, 6) is 0.491. The molecule has 0 fully saturated rings. The summed E-state index contributed by atoms with van der Waals surface area (Å²) in [6, 6.07) is 8.11. The average Bonchev–Trinajstić information content (AvgIpc) is 3.22. The molecule has 0 radical (unpaired) electrons. The minimum Gasteiger partial charge on any atom is -0.482 e. The second-order valence-corrected chi connectivity index (χ2v) is 8.02. The Morgan fingerprint density at radius 2 is 2.06 bits per heavy atom. The highest BCUT2D eigenvalue weighted by molar-refractivity contribution is 6.32. The van der Waals surface area contributed by atoms with Gasteiger partial charge in [0.05, 0.1) is 12.2 Å². The number of hydrogen-bond donors (Lipinski definition) is 2. The maximum atomic E-state index is 13.8. The lowest BCUT2D eigenvalue weighted by atomic mass is 9.93. The molecule has 0 atom stereocenters. The normalized spacial score (nSPS) is 19.0. The van der Waals surface area contributed by atoms with Crippen molar-refractivity contribution in [3.8, 4) is 0 Å². The van der Waals surface area contributed by atoms with Crippen LogP contribution < -0.4 is 10.6 Å². The average molecular weight is 423 g/mol. The molecule has 0 aliphatic carbocycles. The van der Waals surface area contributed by atoms with Crippen LogP contribution in [0.3, 0.4) is 0 Å². The number of nitrogens with one attached hydrogen (secondary N) is 2. The van der Waals surface area contributed by atoms with Gasteiger partial charge < -0.3 is 20.1 Å². The smallest absolute Gasteiger partial charge is 0.260 e. The van der Waals surface area contributed by atoms with Crippen molar-refractivity contribution in [2.45, 2.75) is 32.8 Å². The molecule has 2 N–H and O–H groups in total. The van der Waals surface area contributed by atoms with Gasteiger partial charge in [-0.3, -0.25) is 4.79 Å². The molecule has 162 valence electrons. The van der Waals surface area contributed by atoms with Crippen molar-refractivity contribution in [3.05, 3.63) is 65.3 Å². The molecule has 0 spiro atoms. The highest BCUT2D eigenvalue weighted by atomic mass is 19.1. The minimum atomic E-state index is -0.663. The van der Waals surface area contributed by atoms with Crippen LogP contribution in [0.15, 0.2) is 48.4 Å². The summed E-state index contributed by atoms with van der Waals surface area (Å²) in [5.41, 5.74) is 2.57. The van der Waals surface area contributed by atoms with Gasteiger partial charge in [0.25, 0.3) is 5.91 Å². The number of anilines is 2. The van der Waals surface area contributed by atoms with Crippen LogP contribution in [0.1, 0.15) is 38.3 Å². The molecule has 0 saturated heterocycles. The number of carbonyl (C=O) groups excluding carboxylic acids is 1. The first-order chi connectivity index (χ1) is 14.9. The van der Waals surface area contributed by atoms with E-state index in [1.165, 1.54) is 12.1 Å². The second-order valence-electron chi connectivity index (χ2n) is 8.02. The number of ether oxygens (including phenoxy) is 2. The molecule has 3 heterocycles. The lowest BCUT2D eigenvalue weighted by Crippen LogP contribution is -2.21. The molecule has 4 rings (SSSR count). The van der Waals surface area contributed by atoms with E-state index in [-0.39, 0.29) is 5.91 Å². The van der Waals surface area contributed by atoms with Crippen LogP contribution in [0.4, 0.5) is 15.9 Å². The lowest BCUT2D eigenvalue weighted by Gasteiger charge is -2.23. The van der Waals surface area contributed by atoms with E-state index in [2.05, 4.69) is 22.5 Å². The van der Waals surface area contributed by atoms with Crippen LogP contribution >= 0.6 is 0 Å². The van der Waals surface area contributed by atoms with E-state index in [1.54, 1.807) is 12.3 Å². The van der Waals surface area contributed by atoms with Crippen molar-refractivity contribution in [1.29, 1.82) is 0 Å². The fourth-order valence-corrected chi connectivity index (χ4v) is 3.76. The second kappa shape index (κ2) is 8.51. The number of nitrogens with zero attached hydrogens (tertiary/aromatic N) is 1. The van der Waals surface area contributed by atoms with Crippen molar-refractivity contribution in [2.75, 3.05) is 30.4 Å². The largest absolute Gasteiger partial charge is 0.482 e. The minimum absolute atomic E-state index is 0.299. The van der Waals surface area contributed by atoms with Gasteiger partial charge in [0, 0.05) is 41.7 Å². The molecule has 7 heteroatoms. The number of carbonyl (C=O) groups is 1. The number of benzene rings is 1. The summed E-state index contributed by atoms with van der Waals surface area (Å²) in [5, 5.41) is 6.00.